The second-order valence-electron chi connectivity index (χ2n) is 7.36. The Balaban J connectivity index is 0.00000210. The molecule has 2 aromatic rings. The Morgan fingerprint density at radius 2 is 1.56 bits per heavy atom. The molecule has 2 heterocycles. The first kappa shape index (κ1) is 20.1. The van der Waals surface area contributed by atoms with Crippen LogP contribution in [0, 0.1) is 0 Å². The lowest BCUT2D eigenvalue weighted by Crippen LogP contribution is -2.56. The van der Waals surface area contributed by atoms with Gasteiger partial charge in [-0.3, -0.25) is 9.89 Å². The first-order chi connectivity index (χ1) is 12.8. The predicted octanol–water partition coefficient (Wildman–Crippen LogP) is 3.33. The fourth-order valence-corrected chi connectivity index (χ4v) is 3.96. The molecule has 1 fully saturated rings. The van der Waals surface area contributed by atoms with Crippen molar-refractivity contribution in [1.29, 1.82) is 0 Å². The molecule has 1 saturated heterocycles. The van der Waals surface area contributed by atoms with Crippen molar-refractivity contribution >= 4 is 29.9 Å². The average Bonchev–Trinajstić information content (AvgIpc) is 3.13. The summed E-state index contributed by atoms with van der Waals surface area (Å²) in [4.78, 5) is 12.3. The lowest BCUT2D eigenvalue weighted by molar-refractivity contribution is 0.131. The minimum atomic E-state index is 0. The van der Waals surface area contributed by atoms with E-state index < -0.39 is 0 Å². The van der Waals surface area contributed by atoms with E-state index in [0.29, 0.717) is 6.04 Å². The van der Waals surface area contributed by atoms with Crippen molar-refractivity contribution in [2.24, 2.45) is 4.99 Å². The van der Waals surface area contributed by atoms with Crippen LogP contribution in [0.3, 0.4) is 0 Å². The maximum absolute atomic E-state index is 4.85. The fraction of sp³-hybridized carbons (Fsp3) is 0.409. The van der Waals surface area contributed by atoms with E-state index in [2.05, 4.69) is 82.4 Å². The zero-order valence-corrected chi connectivity index (χ0v) is 18.3. The van der Waals surface area contributed by atoms with E-state index in [9.17, 15) is 0 Å². The van der Waals surface area contributed by atoms with Crippen molar-refractivity contribution in [3.8, 4) is 0 Å². The van der Waals surface area contributed by atoms with Gasteiger partial charge < -0.3 is 9.80 Å². The summed E-state index contributed by atoms with van der Waals surface area (Å²) in [7, 11) is 2.25. The van der Waals surface area contributed by atoms with Gasteiger partial charge in [0.05, 0.1) is 6.54 Å². The van der Waals surface area contributed by atoms with Crippen molar-refractivity contribution < 1.29 is 0 Å². The normalized spacial score (nSPS) is 20.3. The van der Waals surface area contributed by atoms with Crippen LogP contribution in [0.15, 0.2) is 65.7 Å². The summed E-state index contributed by atoms with van der Waals surface area (Å²) in [5.41, 5.74) is 2.78. The smallest absolute Gasteiger partial charge is 0.197 e. The van der Waals surface area contributed by atoms with E-state index >= 15 is 0 Å². The molecule has 0 radical (unpaired) electrons. The SMILES string of the molecule is CN1CCN(C2=NCCN2Cc2ccccc2)CC1Cc1ccccc1.I. The van der Waals surface area contributed by atoms with E-state index in [0.717, 1.165) is 45.7 Å². The molecule has 27 heavy (non-hydrogen) atoms. The summed E-state index contributed by atoms with van der Waals surface area (Å²) in [6.07, 6.45) is 1.10. The van der Waals surface area contributed by atoms with E-state index in [-0.39, 0.29) is 24.0 Å². The van der Waals surface area contributed by atoms with Gasteiger partial charge in [-0.1, -0.05) is 60.7 Å². The van der Waals surface area contributed by atoms with Gasteiger partial charge in [-0.2, -0.15) is 0 Å². The molecular weight excluding hydrogens is 447 g/mol. The lowest BCUT2D eigenvalue weighted by Gasteiger charge is -2.42. The number of guanidine groups is 1. The van der Waals surface area contributed by atoms with Crippen molar-refractivity contribution in [2.45, 2.75) is 19.0 Å². The first-order valence-electron chi connectivity index (χ1n) is 9.62. The van der Waals surface area contributed by atoms with Crippen LogP contribution in [-0.4, -0.2) is 66.5 Å². The van der Waals surface area contributed by atoms with Crippen LogP contribution in [-0.2, 0) is 13.0 Å². The molecule has 144 valence electrons. The lowest BCUT2D eigenvalue weighted by atomic mass is 10.0. The molecule has 2 aliphatic heterocycles. The number of hydrogen-bond acceptors (Lipinski definition) is 4. The summed E-state index contributed by atoms with van der Waals surface area (Å²) in [6.45, 7) is 6.10. The molecule has 0 aromatic heterocycles. The summed E-state index contributed by atoms with van der Waals surface area (Å²) in [5.74, 6) is 1.19. The quantitative estimate of drug-likeness (QED) is 0.633. The van der Waals surface area contributed by atoms with Gasteiger partial charge in [0.25, 0.3) is 0 Å². The summed E-state index contributed by atoms with van der Waals surface area (Å²) < 4.78 is 0. The summed E-state index contributed by atoms with van der Waals surface area (Å²) in [6, 6.07) is 22.1. The van der Waals surface area contributed by atoms with Crippen LogP contribution in [0.1, 0.15) is 11.1 Å². The minimum absolute atomic E-state index is 0. The van der Waals surface area contributed by atoms with Crippen LogP contribution >= 0.6 is 24.0 Å². The molecular formula is C22H29IN4. The van der Waals surface area contributed by atoms with E-state index in [4.69, 9.17) is 4.99 Å². The Morgan fingerprint density at radius 3 is 2.26 bits per heavy atom. The van der Waals surface area contributed by atoms with Gasteiger partial charge in [-0.25, -0.2) is 0 Å². The minimum Gasteiger partial charge on any atom is -0.340 e. The van der Waals surface area contributed by atoms with E-state index in [1.165, 1.54) is 17.1 Å². The molecule has 0 aliphatic carbocycles. The standard InChI is InChI=1S/C22H28N4.HI/c1-24-14-15-26(18-21(24)16-19-8-4-2-5-9-19)22-23-12-13-25(22)17-20-10-6-3-7-11-20;/h2-11,21H,12-18H2,1H3;1H. The Morgan fingerprint density at radius 1 is 0.889 bits per heavy atom. The average molecular weight is 476 g/mol. The molecule has 5 heteroatoms. The third-order valence-corrected chi connectivity index (χ3v) is 5.50. The van der Waals surface area contributed by atoms with E-state index in [1.54, 1.807) is 0 Å². The van der Waals surface area contributed by atoms with Gasteiger partial charge in [0.1, 0.15) is 0 Å². The molecule has 1 atom stereocenters. The highest BCUT2D eigenvalue weighted by molar-refractivity contribution is 14.0. The molecule has 4 nitrogen and oxygen atoms in total. The van der Waals surface area contributed by atoms with Gasteiger partial charge in [0.15, 0.2) is 5.96 Å². The van der Waals surface area contributed by atoms with Crippen LogP contribution in [0.2, 0.25) is 0 Å². The van der Waals surface area contributed by atoms with Gasteiger partial charge in [-0.15, -0.1) is 24.0 Å². The van der Waals surface area contributed by atoms with Crippen molar-refractivity contribution in [1.82, 2.24) is 14.7 Å². The van der Waals surface area contributed by atoms with Gasteiger partial charge in [0.2, 0.25) is 0 Å². The van der Waals surface area contributed by atoms with Gasteiger partial charge in [-0.05, 0) is 24.6 Å². The number of likely N-dealkylation sites (N-methyl/N-ethyl adjacent to an activating group) is 1. The van der Waals surface area contributed by atoms with Crippen LogP contribution in [0.4, 0.5) is 0 Å². The molecule has 0 N–H and O–H groups in total. The second kappa shape index (κ2) is 9.55. The molecule has 1 unspecified atom stereocenters. The number of halogens is 1. The Bertz CT molecular complexity index is 734. The maximum atomic E-state index is 4.85. The number of piperazine rings is 1. The highest BCUT2D eigenvalue weighted by atomic mass is 127. The Labute approximate surface area is 179 Å². The largest absolute Gasteiger partial charge is 0.340 e. The molecule has 2 aliphatic rings. The van der Waals surface area contributed by atoms with Gasteiger partial charge >= 0.3 is 0 Å². The topological polar surface area (TPSA) is 22.1 Å². The highest BCUT2D eigenvalue weighted by Crippen LogP contribution is 2.18. The number of aliphatic imine (C=N–C) groups is 1. The molecule has 0 bridgehead atoms. The van der Waals surface area contributed by atoms with Crippen LogP contribution in [0.25, 0.3) is 0 Å². The fourth-order valence-electron chi connectivity index (χ4n) is 3.96. The molecule has 4 rings (SSSR count). The second-order valence-corrected chi connectivity index (χ2v) is 7.36. The molecule has 0 saturated carbocycles. The van der Waals surface area contributed by atoms with Gasteiger partial charge in [0, 0.05) is 38.8 Å². The first-order valence-corrected chi connectivity index (χ1v) is 9.62. The number of nitrogens with zero attached hydrogens (tertiary/aromatic N) is 4. The third kappa shape index (κ3) is 5.02. The number of benzene rings is 2. The van der Waals surface area contributed by atoms with Crippen LogP contribution in [0.5, 0.6) is 0 Å². The van der Waals surface area contributed by atoms with Crippen molar-refractivity contribution in [3.05, 3.63) is 71.8 Å². The van der Waals surface area contributed by atoms with E-state index in [1.807, 2.05) is 0 Å². The molecule has 2 aromatic carbocycles. The third-order valence-electron chi connectivity index (χ3n) is 5.50. The Hall–Kier alpha value is -1.60. The number of hydrogen-bond donors (Lipinski definition) is 0. The van der Waals surface area contributed by atoms with Crippen molar-refractivity contribution in [3.63, 3.8) is 0 Å². The molecule has 0 amide bonds. The summed E-state index contributed by atoms with van der Waals surface area (Å²) in [5, 5.41) is 0. The zero-order chi connectivity index (χ0) is 17.8. The van der Waals surface area contributed by atoms with Crippen molar-refractivity contribution in [2.75, 3.05) is 39.8 Å². The zero-order valence-electron chi connectivity index (χ0n) is 16.0. The molecule has 0 spiro atoms. The monoisotopic (exact) mass is 476 g/mol. The summed E-state index contributed by atoms with van der Waals surface area (Å²) >= 11 is 0. The Kier molecular flexibility index (Phi) is 7.13. The predicted molar refractivity (Wildman–Crippen MR) is 123 cm³/mol. The highest BCUT2D eigenvalue weighted by Gasteiger charge is 2.30. The number of rotatable bonds is 4. The van der Waals surface area contributed by atoms with Crippen LogP contribution < -0.4 is 0 Å². The maximum Gasteiger partial charge on any atom is 0.197 e.